The van der Waals surface area contributed by atoms with E-state index in [0.29, 0.717) is 5.02 Å². The summed E-state index contributed by atoms with van der Waals surface area (Å²) in [6, 6.07) is 7.87. The molecule has 0 saturated heterocycles. The molecule has 1 aromatic heterocycles. The number of hydrogen-bond donors (Lipinski definition) is 1. The molecule has 1 heterocycles. The van der Waals surface area contributed by atoms with Crippen molar-refractivity contribution in [1.82, 2.24) is 4.98 Å². The molecule has 0 amide bonds. The van der Waals surface area contributed by atoms with Crippen LogP contribution in [0.2, 0.25) is 5.02 Å². The van der Waals surface area contributed by atoms with Crippen LogP contribution in [0.3, 0.4) is 0 Å². The fourth-order valence-electron chi connectivity index (χ4n) is 1.51. The molecule has 0 unspecified atom stereocenters. The van der Waals surface area contributed by atoms with E-state index in [1.807, 2.05) is 24.3 Å². The van der Waals surface area contributed by atoms with Crippen molar-refractivity contribution in [1.29, 1.82) is 0 Å². The summed E-state index contributed by atoms with van der Waals surface area (Å²) < 4.78 is 0.973. The highest BCUT2D eigenvalue weighted by atomic mass is 79.9. The summed E-state index contributed by atoms with van der Waals surface area (Å²) in [6.45, 7) is 3.05. The molecule has 1 N–H and O–H groups in total. The Hall–Kier alpha value is -0.800. The maximum absolute atomic E-state index is 6.15. The molecule has 2 aromatic rings. The molecule has 4 heteroatoms. The molecule has 0 spiro atoms. The number of rotatable bonds is 3. The van der Waals surface area contributed by atoms with Crippen LogP contribution in [-0.2, 0) is 0 Å². The third-order valence-electron chi connectivity index (χ3n) is 2.27. The summed E-state index contributed by atoms with van der Waals surface area (Å²) >= 11 is 9.56. The Morgan fingerprint density at radius 1 is 1.38 bits per heavy atom. The zero-order valence-corrected chi connectivity index (χ0v) is 11.3. The minimum Gasteiger partial charge on any atom is -0.370 e. The van der Waals surface area contributed by atoms with Gasteiger partial charge in [0.15, 0.2) is 0 Å². The lowest BCUT2D eigenvalue weighted by Gasteiger charge is -2.06. The zero-order chi connectivity index (χ0) is 11.5. The van der Waals surface area contributed by atoms with Gasteiger partial charge in [0, 0.05) is 16.4 Å². The van der Waals surface area contributed by atoms with Gasteiger partial charge in [0.05, 0.1) is 10.5 Å². The van der Waals surface area contributed by atoms with Gasteiger partial charge in [-0.3, -0.25) is 0 Å². The molecule has 2 nitrogen and oxygen atoms in total. The van der Waals surface area contributed by atoms with Crippen LogP contribution in [0.5, 0.6) is 0 Å². The molecule has 0 aliphatic carbocycles. The third-order valence-corrected chi connectivity index (χ3v) is 3.01. The molecule has 2 rings (SSSR count). The monoisotopic (exact) mass is 298 g/mol. The number of hydrogen-bond acceptors (Lipinski definition) is 2. The van der Waals surface area contributed by atoms with E-state index >= 15 is 0 Å². The van der Waals surface area contributed by atoms with E-state index in [1.54, 1.807) is 0 Å². The number of benzene rings is 1. The van der Waals surface area contributed by atoms with Gasteiger partial charge in [-0.05, 0) is 30.7 Å². The maximum Gasteiger partial charge on any atom is 0.126 e. The highest BCUT2D eigenvalue weighted by Gasteiger charge is 2.03. The van der Waals surface area contributed by atoms with Crippen LogP contribution in [0.25, 0.3) is 10.9 Å². The van der Waals surface area contributed by atoms with E-state index in [9.17, 15) is 0 Å². The first-order valence-electron chi connectivity index (χ1n) is 5.20. The van der Waals surface area contributed by atoms with E-state index in [4.69, 9.17) is 11.6 Å². The Balaban J connectivity index is 2.45. The van der Waals surface area contributed by atoms with Crippen molar-refractivity contribution in [2.24, 2.45) is 0 Å². The van der Waals surface area contributed by atoms with Gasteiger partial charge in [-0.1, -0.05) is 34.5 Å². The maximum atomic E-state index is 6.15. The Labute approximate surface area is 108 Å². The molecule has 0 saturated carbocycles. The Bertz CT molecular complexity index is 514. The summed E-state index contributed by atoms with van der Waals surface area (Å²) in [5.41, 5.74) is 0.839. The molecule has 0 aliphatic rings. The van der Waals surface area contributed by atoms with E-state index in [-0.39, 0.29) is 0 Å². The molecule has 16 heavy (non-hydrogen) atoms. The normalized spacial score (nSPS) is 10.7. The molecule has 1 aromatic carbocycles. The van der Waals surface area contributed by atoms with Crippen LogP contribution in [0.15, 0.2) is 28.7 Å². The molecular weight excluding hydrogens is 288 g/mol. The fourth-order valence-corrected chi connectivity index (χ4v) is 2.39. The van der Waals surface area contributed by atoms with E-state index in [1.165, 1.54) is 0 Å². The van der Waals surface area contributed by atoms with Crippen molar-refractivity contribution in [3.8, 4) is 0 Å². The first-order chi connectivity index (χ1) is 7.70. The number of aromatic nitrogens is 1. The van der Waals surface area contributed by atoms with Gasteiger partial charge in [-0.25, -0.2) is 4.98 Å². The van der Waals surface area contributed by atoms with Crippen molar-refractivity contribution in [2.45, 2.75) is 13.3 Å². The average Bonchev–Trinajstić information content (AvgIpc) is 2.26. The van der Waals surface area contributed by atoms with Gasteiger partial charge < -0.3 is 5.32 Å². The molecule has 0 fully saturated rings. The summed E-state index contributed by atoms with van der Waals surface area (Å²) in [5, 5.41) is 4.96. The van der Waals surface area contributed by atoms with Gasteiger partial charge in [0.25, 0.3) is 0 Å². The lowest BCUT2D eigenvalue weighted by Crippen LogP contribution is -2.01. The van der Waals surface area contributed by atoms with Crippen LogP contribution in [0, 0.1) is 0 Å². The zero-order valence-electron chi connectivity index (χ0n) is 8.93. The van der Waals surface area contributed by atoms with Crippen LogP contribution in [0.4, 0.5) is 5.82 Å². The minimum absolute atomic E-state index is 0.671. The van der Waals surface area contributed by atoms with E-state index in [2.05, 4.69) is 33.2 Å². The summed E-state index contributed by atoms with van der Waals surface area (Å²) in [6.07, 6.45) is 1.08. The predicted octanol–water partition coefficient (Wildman–Crippen LogP) is 4.47. The quantitative estimate of drug-likeness (QED) is 0.904. The van der Waals surface area contributed by atoms with Crippen LogP contribution in [-0.4, -0.2) is 11.5 Å². The number of anilines is 1. The summed E-state index contributed by atoms with van der Waals surface area (Å²) in [7, 11) is 0. The second kappa shape index (κ2) is 5.02. The van der Waals surface area contributed by atoms with Crippen LogP contribution in [0.1, 0.15) is 13.3 Å². The molecular formula is C12H12BrClN2. The average molecular weight is 300 g/mol. The second-order valence-electron chi connectivity index (χ2n) is 3.58. The topological polar surface area (TPSA) is 24.9 Å². The van der Waals surface area contributed by atoms with Crippen molar-refractivity contribution >= 4 is 44.3 Å². The number of pyridine rings is 1. The minimum atomic E-state index is 0.671. The largest absolute Gasteiger partial charge is 0.370 e. The number of halogens is 2. The first kappa shape index (κ1) is 11.7. The van der Waals surface area contributed by atoms with Gasteiger partial charge in [-0.2, -0.15) is 0 Å². The van der Waals surface area contributed by atoms with Crippen molar-refractivity contribution < 1.29 is 0 Å². The highest BCUT2D eigenvalue weighted by Crippen LogP contribution is 2.27. The fraction of sp³-hybridized carbons (Fsp3) is 0.250. The molecule has 0 aliphatic heterocycles. The smallest absolute Gasteiger partial charge is 0.126 e. The molecule has 0 atom stereocenters. The molecule has 0 radical (unpaired) electrons. The highest BCUT2D eigenvalue weighted by molar-refractivity contribution is 9.10. The van der Waals surface area contributed by atoms with Crippen molar-refractivity contribution in [3.63, 3.8) is 0 Å². The Morgan fingerprint density at radius 3 is 2.94 bits per heavy atom. The van der Waals surface area contributed by atoms with Crippen LogP contribution >= 0.6 is 27.5 Å². The first-order valence-corrected chi connectivity index (χ1v) is 6.37. The van der Waals surface area contributed by atoms with Gasteiger partial charge in [0.1, 0.15) is 5.82 Å². The van der Waals surface area contributed by atoms with E-state index < -0.39 is 0 Å². The number of fused-ring (bicyclic) bond motifs is 1. The molecule has 84 valence electrons. The summed E-state index contributed by atoms with van der Waals surface area (Å²) in [4.78, 5) is 4.49. The number of nitrogens with one attached hydrogen (secondary N) is 1. The third kappa shape index (κ3) is 2.47. The molecule has 0 bridgehead atoms. The number of nitrogens with zero attached hydrogens (tertiary/aromatic N) is 1. The lowest BCUT2D eigenvalue weighted by atomic mass is 10.2. The summed E-state index contributed by atoms with van der Waals surface area (Å²) in [5.74, 6) is 0.874. The van der Waals surface area contributed by atoms with Crippen molar-refractivity contribution in [2.75, 3.05) is 11.9 Å². The second-order valence-corrected chi connectivity index (χ2v) is 4.91. The van der Waals surface area contributed by atoms with Gasteiger partial charge in [0.2, 0.25) is 0 Å². The Morgan fingerprint density at radius 2 is 2.19 bits per heavy atom. The van der Waals surface area contributed by atoms with Gasteiger partial charge >= 0.3 is 0 Å². The van der Waals surface area contributed by atoms with Gasteiger partial charge in [-0.15, -0.1) is 0 Å². The van der Waals surface area contributed by atoms with Crippen molar-refractivity contribution in [3.05, 3.63) is 33.8 Å². The Kier molecular flexibility index (Phi) is 3.66. The standard InChI is InChI=1S/C12H12BrClN2/c1-2-5-15-11-4-3-8-6-9(13)7-10(14)12(8)16-11/h3-4,6-7H,2,5H2,1H3,(H,15,16). The van der Waals surface area contributed by atoms with Crippen LogP contribution < -0.4 is 5.32 Å². The SMILES string of the molecule is CCCNc1ccc2cc(Br)cc(Cl)c2n1. The van der Waals surface area contributed by atoms with E-state index in [0.717, 1.165) is 34.2 Å². The predicted molar refractivity (Wildman–Crippen MR) is 73.2 cm³/mol. The lowest BCUT2D eigenvalue weighted by molar-refractivity contribution is 0.972.